The summed E-state index contributed by atoms with van der Waals surface area (Å²) in [6.07, 6.45) is 7.77. The fourth-order valence-corrected chi connectivity index (χ4v) is 2.85. The molecule has 0 spiro atoms. The normalized spacial score (nSPS) is 16.2. The van der Waals surface area contributed by atoms with Crippen LogP contribution in [0.2, 0.25) is 0 Å². The van der Waals surface area contributed by atoms with Crippen LogP contribution in [-0.2, 0) is 7.05 Å². The molecule has 0 unspecified atom stereocenters. The zero-order valence-corrected chi connectivity index (χ0v) is 12.6. The molecule has 2 aromatic rings. The molecule has 0 N–H and O–H groups in total. The Morgan fingerprint density at radius 3 is 2.52 bits per heavy atom. The third kappa shape index (κ3) is 2.84. The van der Waals surface area contributed by atoms with E-state index in [0.717, 1.165) is 48.7 Å². The molecule has 1 fully saturated rings. The van der Waals surface area contributed by atoms with Gasteiger partial charge in [0, 0.05) is 44.3 Å². The van der Waals surface area contributed by atoms with Gasteiger partial charge in [-0.25, -0.2) is 0 Å². The molecule has 0 aliphatic carbocycles. The summed E-state index contributed by atoms with van der Waals surface area (Å²) in [5.41, 5.74) is 2.91. The number of hydrogen-bond acceptors (Lipinski definition) is 2. The zero-order valence-electron chi connectivity index (χ0n) is 12.6. The Labute approximate surface area is 125 Å². The van der Waals surface area contributed by atoms with Gasteiger partial charge in [0.25, 0.3) is 5.91 Å². The number of pyridine rings is 1. The summed E-state index contributed by atoms with van der Waals surface area (Å²) in [6, 6.07) is 5.91. The van der Waals surface area contributed by atoms with Crippen molar-refractivity contribution in [3.8, 4) is 11.1 Å². The van der Waals surface area contributed by atoms with E-state index >= 15 is 0 Å². The summed E-state index contributed by atoms with van der Waals surface area (Å²) in [4.78, 5) is 18.7. The second-order valence-electron chi connectivity index (χ2n) is 5.94. The number of aryl methyl sites for hydroxylation is 1. The minimum Gasteiger partial charge on any atom is -0.346 e. The van der Waals surface area contributed by atoms with Crippen molar-refractivity contribution in [1.29, 1.82) is 0 Å². The first-order valence-electron chi connectivity index (χ1n) is 7.51. The van der Waals surface area contributed by atoms with Crippen LogP contribution in [0.15, 0.2) is 36.8 Å². The van der Waals surface area contributed by atoms with Crippen LogP contribution in [-0.4, -0.2) is 33.4 Å². The smallest absolute Gasteiger partial charge is 0.270 e. The number of carbonyl (C=O) groups is 1. The average molecular weight is 283 g/mol. The largest absolute Gasteiger partial charge is 0.346 e. The van der Waals surface area contributed by atoms with Gasteiger partial charge in [-0.2, -0.15) is 0 Å². The molecule has 1 aliphatic heterocycles. The maximum atomic E-state index is 12.7. The van der Waals surface area contributed by atoms with E-state index in [1.807, 2.05) is 40.9 Å². The van der Waals surface area contributed by atoms with Crippen molar-refractivity contribution in [3.63, 3.8) is 0 Å². The van der Waals surface area contributed by atoms with Gasteiger partial charge in [0.15, 0.2) is 0 Å². The Morgan fingerprint density at radius 1 is 1.19 bits per heavy atom. The van der Waals surface area contributed by atoms with Crippen LogP contribution in [0, 0.1) is 5.92 Å². The molecule has 4 nitrogen and oxygen atoms in total. The van der Waals surface area contributed by atoms with E-state index in [4.69, 9.17) is 0 Å². The van der Waals surface area contributed by atoms with Gasteiger partial charge in [-0.3, -0.25) is 9.78 Å². The Bertz CT molecular complexity index is 625. The molecule has 21 heavy (non-hydrogen) atoms. The fourth-order valence-electron chi connectivity index (χ4n) is 2.85. The molecule has 0 atom stereocenters. The van der Waals surface area contributed by atoms with Gasteiger partial charge in [-0.15, -0.1) is 0 Å². The quantitative estimate of drug-likeness (QED) is 0.850. The molecule has 3 heterocycles. The SMILES string of the molecule is CC1CCN(C(=O)c2cc(-c3ccncc3)cn2C)CC1. The van der Waals surface area contributed by atoms with Crippen LogP contribution in [0.3, 0.4) is 0 Å². The van der Waals surface area contributed by atoms with Crippen LogP contribution in [0.4, 0.5) is 0 Å². The summed E-state index contributed by atoms with van der Waals surface area (Å²) in [7, 11) is 1.94. The molecule has 0 bridgehead atoms. The molecule has 4 heteroatoms. The third-order valence-electron chi connectivity index (χ3n) is 4.31. The van der Waals surface area contributed by atoms with Gasteiger partial charge in [0.05, 0.1) is 0 Å². The Hall–Kier alpha value is -2.10. The number of nitrogens with zero attached hydrogens (tertiary/aromatic N) is 3. The van der Waals surface area contributed by atoms with E-state index in [-0.39, 0.29) is 5.91 Å². The monoisotopic (exact) mass is 283 g/mol. The van der Waals surface area contributed by atoms with Crippen LogP contribution in [0.1, 0.15) is 30.3 Å². The summed E-state index contributed by atoms with van der Waals surface area (Å²) in [6.45, 7) is 4.00. The topological polar surface area (TPSA) is 38.1 Å². The van der Waals surface area contributed by atoms with E-state index < -0.39 is 0 Å². The second-order valence-corrected chi connectivity index (χ2v) is 5.94. The molecule has 1 saturated heterocycles. The van der Waals surface area contributed by atoms with E-state index in [1.165, 1.54) is 0 Å². The predicted molar refractivity (Wildman–Crippen MR) is 82.9 cm³/mol. The number of aromatic nitrogens is 2. The Morgan fingerprint density at radius 2 is 1.86 bits per heavy atom. The molecule has 1 aliphatic rings. The van der Waals surface area contributed by atoms with Crippen molar-refractivity contribution in [2.24, 2.45) is 13.0 Å². The molecule has 1 amide bonds. The van der Waals surface area contributed by atoms with Crippen molar-refractivity contribution in [2.45, 2.75) is 19.8 Å². The molecular formula is C17H21N3O. The molecule has 2 aromatic heterocycles. The summed E-state index contributed by atoms with van der Waals surface area (Å²) < 4.78 is 1.93. The van der Waals surface area contributed by atoms with E-state index in [1.54, 1.807) is 12.4 Å². The number of likely N-dealkylation sites (tertiary alicyclic amines) is 1. The lowest BCUT2D eigenvalue weighted by Gasteiger charge is -2.30. The van der Waals surface area contributed by atoms with E-state index in [9.17, 15) is 4.79 Å². The fraction of sp³-hybridized carbons (Fsp3) is 0.412. The lowest BCUT2D eigenvalue weighted by Crippen LogP contribution is -2.38. The predicted octanol–water partition coefficient (Wildman–Crippen LogP) is 2.96. The molecule has 0 radical (unpaired) electrons. The Kier molecular flexibility index (Phi) is 3.78. The summed E-state index contributed by atoms with van der Waals surface area (Å²) in [5, 5.41) is 0. The van der Waals surface area contributed by atoms with Crippen molar-refractivity contribution in [1.82, 2.24) is 14.5 Å². The van der Waals surface area contributed by atoms with E-state index in [0.29, 0.717) is 0 Å². The second kappa shape index (κ2) is 5.72. The third-order valence-corrected chi connectivity index (χ3v) is 4.31. The van der Waals surface area contributed by atoms with Crippen molar-refractivity contribution < 1.29 is 4.79 Å². The first-order valence-corrected chi connectivity index (χ1v) is 7.51. The van der Waals surface area contributed by atoms with Gasteiger partial charge in [0.1, 0.15) is 5.69 Å². The first kappa shape index (κ1) is 13.9. The molecular weight excluding hydrogens is 262 g/mol. The molecule has 0 saturated carbocycles. The molecule has 0 aromatic carbocycles. The standard InChI is InChI=1S/C17H21N3O/c1-13-5-9-20(10-6-13)17(21)16-11-15(12-19(16)2)14-3-7-18-8-4-14/h3-4,7-8,11-13H,5-6,9-10H2,1-2H3. The molecule has 3 rings (SSSR count). The van der Waals surface area contributed by atoms with Crippen LogP contribution in [0.25, 0.3) is 11.1 Å². The zero-order chi connectivity index (χ0) is 14.8. The van der Waals surface area contributed by atoms with Crippen LogP contribution >= 0.6 is 0 Å². The van der Waals surface area contributed by atoms with Gasteiger partial charge < -0.3 is 9.47 Å². The number of carbonyl (C=O) groups excluding carboxylic acids is 1. The number of hydrogen-bond donors (Lipinski definition) is 0. The summed E-state index contributed by atoms with van der Waals surface area (Å²) in [5.74, 6) is 0.875. The van der Waals surface area contributed by atoms with Crippen LogP contribution in [0.5, 0.6) is 0 Å². The number of piperidine rings is 1. The molecule has 110 valence electrons. The van der Waals surface area contributed by atoms with Crippen LogP contribution < -0.4 is 0 Å². The number of amides is 1. The first-order chi connectivity index (χ1) is 10.1. The highest BCUT2D eigenvalue weighted by Gasteiger charge is 2.23. The van der Waals surface area contributed by atoms with Crippen molar-refractivity contribution in [2.75, 3.05) is 13.1 Å². The highest BCUT2D eigenvalue weighted by Crippen LogP contribution is 2.23. The lowest BCUT2D eigenvalue weighted by molar-refractivity contribution is 0.0687. The Balaban J connectivity index is 1.83. The summed E-state index contributed by atoms with van der Waals surface area (Å²) >= 11 is 0. The maximum Gasteiger partial charge on any atom is 0.270 e. The lowest BCUT2D eigenvalue weighted by atomic mass is 9.99. The minimum absolute atomic E-state index is 0.143. The van der Waals surface area contributed by atoms with Crippen molar-refractivity contribution in [3.05, 3.63) is 42.5 Å². The van der Waals surface area contributed by atoms with E-state index in [2.05, 4.69) is 11.9 Å². The van der Waals surface area contributed by atoms with Gasteiger partial charge >= 0.3 is 0 Å². The van der Waals surface area contributed by atoms with Gasteiger partial charge in [-0.05, 0) is 42.5 Å². The van der Waals surface area contributed by atoms with Gasteiger partial charge in [-0.1, -0.05) is 6.92 Å². The average Bonchev–Trinajstić information content (AvgIpc) is 2.90. The van der Waals surface area contributed by atoms with Crippen molar-refractivity contribution >= 4 is 5.91 Å². The highest BCUT2D eigenvalue weighted by molar-refractivity contribution is 5.94. The van der Waals surface area contributed by atoms with Gasteiger partial charge in [0.2, 0.25) is 0 Å². The highest BCUT2D eigenvalue weighted by atomic mass is 16.2. The number of rotatable bonds is 2. The maximum absolute atomic E-state index is 12.7. The minimum atomic E-state index is 0.143.